The van der Waals surface area contributed by atoms with E-state index in [0.717, 1.165) is 48.3 Å². The van der Waals surface area contributed by atoms with Gasteiger partial charge in [-0.1, -0.05) is 72.3 Å². The van der Waals surface area contributed by atoms with Crippen LogP contribution in [0.25, 0.3) is 11.1 Å². The van der Waals surface area contributed by atoms with Crippen LogP contribution in [0.1, 0.15) is 49.4 Å². The first-order valence-corrected chi connectivity index (χ1v) is 12.8. The Morgan fingerprint density at radius 1 is 0.895 bits per heavy atom. The summed E-state index contributed by atoms with van der Waals surface area (Å²) in [5, 5.41) is 5.61. The standard InChI is InChI=1S/C32H29N3O3/c1-22-8-10-23(11-9-22)20-33-31(36)27-16-17-30-26(19-27)5-4-18-35(30)21-24-12-14-25(15-13-24)28-6-2-3-7-29(28)32(37)34-38/h2-3,6-17,19H,4-5,18,20-21H2,1H3,(H,33,36). The van der Waals surface area contributed by atoms with E-state index in [2.05, 4.69) is 21.5 Å². The smallest absolute Gasteiger partial charge is 0.317 e. The van der Waals surface area contributed by atoms with Crippen molar-refractivity contribution in [1.82, 2.24) is 5.32 Å². The van der Waals surface area contributed by atoms with Crippen LogP contribution in [-0.4, -0.2) is 18.4 Å². The van der Waals surface area contributed by atoms with Crippen LogP contribution >= 0.6 is 0 Å². The Labute approximate surface area is 222 Å². The molecule has 4 aromatic rings. The zero-order valence-electron chi connectivity index (χ0n) is 21.3. The molecule has 0 fully saturated rings. The van der Waals surface area contributed by atoms with Gasteiger partial charge in [0.1, 0.15) is 0 Å². The summed E-state index contributed by atoms with van der Waals surface area (Å²) in [4.78, 5) is 37.9. The summed E-state index contributed by atoms with van der Waals surface area (Å²) >= 11 is 0. The molecule has 2 amide bonds. The third-order valence-corrected chi connectivity index (χ3v) is 7.01. The summed E-state index contributed by atoms with van der Waals surface area (Å²) in [6, 6.07) is 29.2. The number of fused-ring (bicyclic) bond motifs is 1. The maximum Gasteiger partial charge on any atom is 0.317 e. The van der Waals surface area contributed by atoms with Gasteiger partial charge in [0.25, 0.3) is 5.91 Å². The molecule has 0 aromatic heterocycles. The Morgan fingerprint density at radius 2 is 1.63 bits per heavy atom. The largest absolute Gasteiger partial charge is 0.367 e. The lowest BCUT2D eigenvalue weighted by Gasteiger charge is -2.31. The Hall–Kier alpha value is -4.58. The molecule has 38 heavy (non-hydrogen) atoms. The molecule has 6 nitrogen and oxygen atoms in total. The molecule has 5 rings (SSSR count). The van der Waals surface area contributed by atoms with Crippen LogP contribution in [0.3, 0.4) is 0 Å². The molecule has 1 aliphatic rings. The number of carbonyl (C=O) groups is 2. The van der Waals surface area contributed by atoms with Crippen LogP contribution in [-0.2, 0) is 19.5 Å². The third kappa shape index (κ3) is 5.54. The van der Waals surface area contributed by atoms with Gasteiger partial charge < -0.3 is 10.2 Å². The van der Waals surface area contributed by atoms with Crippen LogP contribution in [0, 0.1) is 11.8 Å². The second-order valence-electron chi connectivity index (χ2n) is 9.68. The summed E-state index contributed by atoms with van der Waals surface area (Å²) in [5.41, 5.74) is 8.30. The average Bonchev–Trinajstić information content (AvgIpc) is 2.96. The van der Waals surface area contributed by atoms with E-state index in [9.17, 15) is 14.5 Å². The maximum atomic E-state index is 12.8. The van der Waals surface area contributed by atoms with Gasteiger partial charge in [-0.25, -0.2) is 0 Å². The summed E-state index contributed by atoms with van der Waals surface area (Å²) < 4.78 is 0. The summed E-state index contributed by atoms with van der Waals surface area (Å²) in [6.07, 6.45) is 1.97. The molecule has 0 aliphatic carbocycles. The van der Waals surface area contributed by atoms with E-state index in [1.165, 1.54) is 11.1 Å². The number of nitroso groups, excluding NO2 is 1. The first-order valence-electron chi connectivity index (χ1n) is 12.8. The lowest BCUT2D eigenvalue weighted by Crippen LogP contribution is -2.29. The summed E-state index contributed by atoms with van der Waals surface area (Å²) in [7, 11) is 0. The second kappa shape index (κ2) is 11.2. The van der Waals surface area contributed by atoms with Gasteiger partial charge in [0.2, 0.25) is 0 Å². The molecule has 0 saturated carbocycles. The minimum atomic E-state index is -0.766. The fourth-order valence-electron chi connectivity index (χ4n) is 4.95. The van der Waals surface area contributed by atoms with Crippen LogP contribution < -0.4 is 10.2 Å². The van der Waals surface area contributed by atoms with Gasteiger partial charge in [-0.3, -0.25) is 9.59 Å². The number of hydrogen-bond acceptors (Lipinski definition) is 4. The second-order valence-corrected chi connectivity index (χ2v) is 9.68. The number of anilines is 1. The Morgan fingerprint density at radius 3 is 2.39 bits per heavy atom. The SMILES string of the molecule is Cc1ccc(CNC(=O)c2ccc3c(c2)CCCN3Cc2ccc(-c3ccccc3C(=O)N=O)cc2)cc1. The van der Waals surface area contributed by atoms with Gasteiger partial charge in [0.15, 0.2) is 0 Å². The molecule has 1 aliphatic heterocycles. The van der Waals surface area contributed by atoms with Crippen molar-refractivity contribution in [3.05, 3.63) is 129 Å². The number of rotatable bonds is 7. The average molecular weight is 504 g/mol. The van der Waals surface area contributed by atoms with Gasteiger partial charge in [0, 0.05) is 36.1 Å². The van der Waals surface area contributed by atoms with Gasteiger partial charge in [-0.15, -0.1) is 4.91 Å². The highest BCUT2D eigenvalue weighted by atomic mass is 16.3. The van der Waals surface area contributed by atoms with E-state index in [-0.39, 0.29) is 5.91 Å². The van der Waals surface area contributed by atoms with Gasteiger partial charge >= 0.3 is 5.91 Å². The highest BCUT2D eigenvalue weighted by Gasteiger charge is 2.19. The van der Waals surface area contributed by atoms with Crippen molar-refractivity contribution < 1.29 is 9.59 Å². The molecule has 0 unspecified atom stereocenters. The zero-order chi connectivity index (χ0) is 26.5. The minimum Gasteiger partial charge on any atom is -0.367 e. The molecule has 4 aromatic carbocycles. The molecular weight excluding hydrogens is 474 g/mol. The molecule has 6 heteroatoms. The van der Waals surface area contributed by atoms with Crippen molar-refractivity contribution in [3.63, 3.8) is 0 Å². The first kappa shape index (κ1) is 25.1. The highest BCUT2D eigenvalue weighted by molar-refractivity contribution is 6.01. The normalized spacial score (nSPS) is 12.5. The minimum absolute atomic E-state index is 0.0652. The number of amides is 2. The maximum absolute atomic E-state index is 12.8. The van der Waals surface area contributed by atoms with Crippen LogP contribution in [0.4, 0.5) is 5.69 Å². The van der Waals surface area contributed by atoms with Crippen LogP contribution in [0.5, 0.6) is 0 Å². The molecule has 1 N–H and O–H groups in total. The van der Waals surface area contributed by atoms with Crippen molar-refractivity contribution in [2.24, 2.45) is 5.18 Å². The predicted molar refractivity (Wildman–Crippen MR) is 150 cm³/mol. The molecule has 190 valence electrons. The Bertz CT molecular complexity index is 1480. The van der Waals surface area contributed by atoms with Gasteiger partial charge in [0.05, 0.1) is 5.56 Å². The number of hydrogen-bond donors (Lipinski definition) is 1. The Kier molecular flexibility index (Phi) is 7.40. The van der Waals surface area contributed by atoms with Crippen molar-refractivity contribution in [1.29, 1.82) is 0 Å². The van der Waals surface area contributed by atoms with E-state index in [1.54, 1.807) is 12.1 Å². The predicted octanol–water partition coefficient (Wildman–Crippen LogP) is 6.45. The van der Waals surface area contributed by atoms with Crippen molar-refractivity contribution in [3.8, 4) is 11.1 Å². The summed E-state index contributed by atoms with van der Waals surface area (Å²) in [6.45, 7) is 4.23. The topological polar surface area (TPSA) is 78.8 Å². The molecule has 0 radical (unpaired) electrons. The van der Waals surface area contributed by atoms with Crippen LogP contribution in [0.15, 0.2) is 96.2 Å². The number of benzene rings is 4. The van der Waals surface area contributed by atoms with E-state index >= 15 is 0 Å². The molecule has 1 heterocycles. The van der Waals surface area contributed by atoms with Crippen LogP contribution in [0.2, 0.25) is 0 Å². The molecule has 0 atom stereocenters. The number of nitrogens with one attached hydrogen (secondary N) is 1. The summed E-state index contributed by atoms with van der Waals surface area (Å²) in [5.74, 6) is -0.831. The quantitative estimate of drug-likeness (QED) is 0.294. The first-order chi connectivity index (χ1) is 18.5. The molecule has 0 bridgehead atoms. The molecule has 0 spiro atoms. The number of carbonyl (C=O) groups excluding carboxylic acids is 2. The van der Waals surface area contributed by atoms with Crippen molar-refractivity contribution in [2.45, 2.75) is 32.9 Å². The van der Waals surface area contributed by atoms with E-state index in [0.29, 0.717) is 23.2 Å². The molecular formula is C32H29N3O3. The van der Waals surface area contributed by atoms with E-state index in [4.69, 9.17) is 0 Å². The third-order valence-electron chi connectivity index (χ3n) is 7.01. The van der Waals surface area contributed by atoms with E-state index < -0.39 is 5.91 Å². The van der Waals surface area contributed by atoms with E-state index in [1.807, 2.05) is 79.7 Å². The lowest BCUT2D eigenvalue weighted by atomic mass is 9.97. The Balaban J connectivity index is 1.27. The zero-order valence-corrected chi connectivity index (χ0v) is 21.3. The fraction of sp³-hybridized carbons (Fsp3) is 0.188. The van der Waals surface area contributed by atoms with Crippen molar-refractivity contribution in [2.75, 3.05) is 11.4 Å². The van der Waals surface area contributed by atoms with Gasteiger partial charge in [-0.05, 0) is 71.8 Å². The van der Waals surface area contributed by atoms with Crippen molar-refractivity contribution >= 4 is 17.5 Å². The lowest BCUT2D eigenvalue weighted by molar-refractivity contribution is 0.0949. The highest BCUT2D eigenvalue weighted by Crippen LogP contribution is 2.30. The monoisotopic (exact) mass is 503 g/mol. The fourth-order valence-corrected chi connectivity index (χ4v) is 4.95. The molecule has 0 saturated heterocycles. The number of aryl methyl sites for hydroxylation is 2. The number of nitrogens with zero attached hydrogens (tertiary/aromatic N) is 2. The van der Waals surface area contributed by atoms with Gasteiger partial charge in [-0.2, -0.15) is 0 Å².